The number of nitrogens with zero attached hydrogens (tertiary/aromatic N) is 5. The highest BCUT2D eigenvalue weighted by Crippen LogP contribution is 2.48. The lowest BCUT2D eigenvalue weighted by Gasteiger charge is -2.33. The predicted octanol–water partition coefficient (Wildman–Crippen LogP) is 7.89. The van der Waals surface area contributed by atoms with Crippen LogP contribution < -0.4 is 4.90 Å². The first-order chi connectivity index (χ1) is 19.6. The molecule has 1 aliphatic heterocycles. The van der Waals surface area contributed by atoms with Crippen molar-refractivity contribution in [3.63, 3.8) is 0 Å². The lowest BCUT2D eigenvalue weighted by Crippen LogP contribution is -2.35. The van der Waals surface area contributed by atoms with Gasteiger partial charge in [0, 0.05) is 26.9 Å². The van der Waals surface area contributed by atoms with Gasteiger partial charge in [-0.25, -0.2) is 4.98 Å². The second-order valence-corrected chi connectivity index (χ2v) is 12.4. The average molecular weight is 633 g/mol. The van der Waals surface area contributed by atoms with Crippen molar-refractivity contribution in [2.24, 2.45) is 0 Å². The minimum atomic E-state index is -0.448. The Balaban J connectivity index is 1.36. The Morgan fingerprint density at radius 3 is 2.30 bits per heavy atom. The van der Waals surface area contributed by atoms with Crippen molar-refractivity contribution in [3.05, 3.63) is 72.8 Å². The van der Waals surface area contributed by atoms with Crippen molar-refractivity contribution in [1.29, 1.82) is 0 Å². The number of para-hydroxylation sites is 3. The zero-order valence-corrected chi connectivity index (χ0v) is 25.0. The topological polar surface area (TPSA) is 81.0 Å². The zero-order valence-electron chi connectivity index (χ0n) is 21.8. The molecule has 5 aromatic rings. The minimum absolute atomic E-state index is 0.0225. The Hall–Kier alpha value is -3.21. The number of thioether (sulfide) groups is 1. The number of carbonyl (C=O) groups is 2. The molecule has 10 heteroatoms. The van der Waals surface area contributed by atoms with Gasteiger partial charge in [-0.1, -0.05) is 88.8 Å². The third-order valence-electron chi connectivity index (χ3n) is 6.83. The van der Waals surface area contributed by atoms with E-state index in [0.717, 1.165) is 50.2 Å². The molecule has 1 amide bonds. The normalized spacial score (nSPS) is 13.3. The molecule has 0 fully saturated rings. The summed E-state index contributed by atoms with van der Waals surface area (Å²) in [5, 5.41) is 10.5. The van der Waals surface area contributed by atoms with Crippen molar-refractivity contribution >= 4 is 84.7 Å². The van der Waals surface area contributed by atoms with Gasteiger partial charge in [0.1, 0.15) is 5.52 Å². The van der Waals surface area contributed by atoms with Crippen LogP contribution >= 0.6 is 39.5 Å². The van der Waals surface area contributed by atoms with Crippen LogP contribution in [0.5, 0.6) is 0 Å². The molecule has 202 valence electrons. The molecule has 2 aromatic heterocycles. The van der Waals surface area contributed by atoms with E-state index in [0.29, 0.717) is 29.2 Å². The first kappa shape index (κ1) is 27.0. The molecule has 0 N–H and O–H groups in total. The summed E-state index contributed by atoms with van der Waals surface area (Å²) >= 11 is 6.40. The molecule has 0 spiro atoms. The fourth-order valence-corrected chi connectivity index (χ4v) is 7.23. The van der Waals surface area contributed by atoms with E-state index >= 15 is 0 Å². The molecule has 3 aromatic carbocycles. The van der Waals surface area contributed by atoms with Crippen molar-refractivity contribution in [1.82, 2.24) is 19.7 Å². The summed E-state index contributed by atoms with van der Waals surface area (Å²) in [6.07, 6.45) is 2.68. The second-order valence-electron chi connectivity index (χ2n) is 9.38. The summed E-state index contributed by atoms with van der Waals surface area (Å²) in [7, 11) is 0. The number of fused-ring (bicyclic) bond motifs is 5. The Morgan fingerprint density at radius 2 is 1.60 bits per heavy atom. The van der Waals surface area contributed by atoms with Crippen LogP contribution in [-0.4, -0.2) is 42.1 Å². The maximum absolute atomic E-state index is 14.1. The number of hydrogen-bond donors (Lipinski definition) is 0. The number of amides is 1. The number of anilines is 2. The van der Waals surface area contributed by atoms with E-state index in [1.165, 1.54) is 11.8 Å². The zero-order chi connectivity index (χ0) is 27.6. The molecule has 0 saturated carbocycles. The quantitative estimate of drug-likeness (QED) is 0.0978. The van der Waals surface area contributed by atoms with Crippen LogP contribution in [0.25, 0.3) is 22.1 Å². The van der Waals surface area contributed by atoms with Gasteiger partial charge in [-0.15, -0.1) is 10.2 Å². The minimum Gasteiger partial charge on any atom is -0.278 e. The Labute approximate surface area is 248 Å². The molecule has 6 rings (SSSR count). The van der Waals surface area contributed by atoms with E-state index in [-0.39, 0.29) is 11.8 Å². The molecule has 1 aliphatic rings. The molecule has 7 nitrogen and oxygen atoms in total. The molecule has 40 heavy (non-hydrogen) atoms. The number of aromatic nitrogens is 4. The van der Waals surface area contributed by atoms with Gasteiger partial charge in [-0.2, -0.15) is 0 Å². The first-order valence-electron chi connectivity index (χ1n) is 13.2. The largest absolute Gasteiger partial charge is 0.278 e. The highest BCUT2D eigenvalue weighted by atomic mass is 79.9. The molecule has 3 heterocycles. The van der Waals surface area contributed by atoms with Crippen LogP contribution in [0.3, 0.4) is 0 Å². The summed E-state index contributed by atoms with van der Waals surface area (Å²) in [4.78, 5) is 36.2. The first-order valence-corrected chi connectivity index (χ1v) is 16.0. The molecular weight excluding hydrogens is 606 g/mol. The van der Waals surface area contributed by atoms with Gasteiger partial charge >= 0.3 is 0 Å². The number of halogens is 1. The Kier molecular flexibility index (Phi) is 7.91. The smallest absolute Gasteiger partial charge is 0.245 e. The van der Waals surface area contributed by atoms with Crippen LogP contribution in [0.15, 0.2) is 87.7 Å². The van der Waals surface area contributed by atoms with E-state index in [1.54, 1.807) is 16.3 Å². The number of rotatable bonds is 8. The van der Waals surface area contributed by atoms with Crippen molar-refractivity contribution in [2.45, 2.75) is 52.8 Å². The van der Waals surface area contributed by atoms with Crippen LogP contribution in [0.4, 0.5) is 11.4 Å². The SMILES string of the molecule is CCC(Sc1nnc2c3ccccc3n(C(=O)CCCCBr)c2n1)C(=O)N1c2ccccc2Sc2ccccc21. The summed E-state index contributed by atoms with van der Waals surface area (Å²) in [5.74, 6) is -0.0615. The fraction of sp³-hybridized carbons (Fsp3) is 0.233. The van der Waals surface area contributed by atoms with Crippen LogP contribution in [-0.2, 0) is 4.79 Å². The number of unbranched alkanes of at least 4 members (excludes halogenated alkanes) is 1. The number of carbonyl (C=O) groups excluding carboxylic acids is 2. The monoisotopic (exact) mass is 631 g/mol. The molecule has 0 aliphatic carbocycles. The number of alkyl halides is 1. The molecular formula is C30H26BrN5O2S2. The van der Waals surface area contributed by atoms with Crippen LogP contribution in [0.2, 0.25) is 0 Å². The van der Waals surface area contributed by atoms with Crippen molar-refractivity contribution in [2.75, 3.05) is 10.2 Å². The number of hydrogen-bond acceptors (Lipinski definition) is 7. The average Bonchev–Trinajstić information content (AvgIpc) is 3.32. The fourth-order valence-electron chi connectivity index (χ4n) is 4.92. The van der Waals surface area contributed by atoms with E-state index in [4.69, 9.17) is 4.98 Å². The molecule has 0 saturated heterocycles. The van der Waals surface area contributed by atoms with E-state index in [1.807, 2.05) is 84.6 Å². The van der Waals surface area contributed by atoms with E-state index in [2.05, 4.69) is 26.1 Å². The highest BCUT2D eigenvalue weighted by Gasteiger charge is 2.33. The highest BCUT2D eigenvalue weighted by molar-refractivity contribution is 9.09. The lowest BCUT2D eigenvalue weighted by atomic mass is 10.2. The molecule has 1 unspecified atom stereocenters. The van der Waals surface area contributed by atoms with Gasteiger partial charge in [0.2, 0.25) is 17.0 Å². The number of benzene rings is 3. The van der Waals surface area contributed by atoms with Crippen LogP contribution in [0.1, 0.15) is 37.4 Å². The summed E-state index contributed by atoms with van der Waals surface area (Å²) in [6, 6.07) is 23.6. The van der Waals surface area contributed by atoms with Gasteiger partial charge in [-0.05, 0) is 49.6 Å². The Bertz CT molecular complexity index is 1690. The third kappa shape index (κ3) is 4.93. The predicted molar refractivity (Wildman–Crippen MR) is 165 cm³/mol. The van der Waals surface area contributed by atoms with Crippen molar-refractivity contribution in [3.8, 4) is 0 Å². The maximum Gasteiger partial charge on any atom is 0.245 e. The molecule has 1 atom stereocenters. The lowest BCUT2D eigenvalue weighted by molar-refractivity contribution is -0.117. The third-order valence-corrected chi connectivity index (χ3v) is 9.73. The van der Waals surface area contributed by atoms with Crippen LogP contribution in [0, 0.1) is 0 Å². The van der Waals surface area contributed by atoms with Crippen molar-refractivity contribution < 1.29 is 9.59 Å². The van der Waals surface area contributed by atoms with Gasteiger partial charge in [0.25, 0.3) is 0 Å². The molecule has 0 radical (unpaired) electrons. The summed E-state index contributed by atoms with van der Waals surface area (Å²) in [5.41, 5.74) is 3.59. The van der Waals surface area contributed by atoms with Gasteiger partial charge < -0.3 is 0 Å². The summed E-state index contributed by atoms with van der Waals surface area (Å²) < 4.78 is 1.66. The second kappa shape index (κ2) is 11.7. The maximum atomic E-state index is 14.1. The Morgan fingerprint density at radius 1 is 0.925 bits per heavy atom. The standard InChI is InChI=1S/C30H26BrN5O2S2/c1-2-23(29(38)35-21-13-5-7-15-24(21)39-25-16-8-6-14-22(25)35)40-30-32-28-27(33-34-30)19-11-3-4-12-20(19)36(28)26(37)17-9-10-18-31/h3-8,11-16,23H,2,9-10,17-18H2,1H3. The van der Waals surface area contributed by atoms with E-state index < -0.39 is 5.25 Å². The molecule has 0 bridgehead atoms. The van der Waals surface area contributed by atoms with Gasteiger partial charge in [0.15, 0.2) is 5.65 Å². The summed E-state index contributed by atoms with van der Waals surface area (Å²) in [6.45, 7) is 1.99. The van der Waals surface area contributed by atoms with E-state index in [9.17, 15) is 9.59 Å². The van der Waals surface area contributed by atoms with Gasteiger partial charge in [0.05, 0.1) is 22.1 Å². The van der Waals surface area contributed by atoms with Gasteiger partial charge in [-0.3, -0.25) is 19.1 Å².